The fourth-order valence-corrected chi connectivity index (χ4v) is 1.86. The Morgan fingerprint density at radius 2 is 1.89 bits per heavy atom. The molecule has 0 fully saturated rings. The molecule has 0 bridgehead atoms. The van der Waals surface area contributed by atoms with Crippen molar-refractivity contribution >= 4 is 23.5 Å². The van der Waals surface area contributed by atoms with Crippen molar-refractivity contribution in [3.05, 3.63) is 34.4 Å². The first-order valence-electron chi connectivity index (χ1n) is 5.44. The molecule has 0 spiro atoms. The van der Waals surface area contributed by atoms with Crippen LogP contribution in [0.5, 0.6) is 0 Å². The number of halogens is 3. The molecule has 0 heterocycles. The second-order valence-electron chi connectivity index (χ2n) is 3.92. The van der Waals surface area contributed by atoms with E-state index < -0.39 is 29.6 Å². The zero-order valence-electron chi connectivity index (χ0n) is 10.3. The van der Waals surface area contributed by atoms with Gasteiger partial charge in [0.15, 0.2) is 11.6 Å². The minimum atomic E-state index is -1.22. The van der Waals surface area contributed by atoms with E-state index in [9.17, 15) is 18.4 Å². The van der Waals surface area contributed by atoms with E-state index in [1.807, 2.05) is 0 Å². The van der Waals surface area contributed by atoms with Gasteiger partial charge in [0.2, 0.25) is 0 Å². The van der Waals surface area contributed by atoms with Crippen LogP contribution in [0.2, 0.25) is 5.02 Å². The normalized spacial score (nSPS) is 12.1. The highest BCUT2D eigenvalue weighted by molar-refractivity contribution is 6.33. The van der Waals surface area contributed by atoms with Crippen molar-refractivity contribution in [3.63, 3.8) is 0 Å². The predicted molar refractivity (Wildman–Crippen MR) is 65.2 cm³/mol. The number of aliphatic carboxylic acids is 1. The molecular formula is C12H12ClF2NO3. The Labute approximate surface area is 113 Å². The highest BCUT2D eigenvalue weighted by Crippen LogP contribution is 2.22. The molecule has 0 aliphatic rings. The molecule has 0 saturated carbocycles. The van der Waals surface area contributed by atoms with Gasteiger partial charge in [-0.25, -0.2) is 13.6 Å². The molecule has 1 amide bonds. The molecule has 19 heavy (non-hydrogen) atoms. The van der Waals surface area contributed by atoms with Gasteiger partial charge in [-0.05, 0) is 18.6 Å². The third kappa shape index (κ3) is 3.20. The summed E-state index contributed by atoms with van der Waals surface area (Å²) in [7, 11) is 1.27. The molecule has 1 unspecified atom stereocenters. The molecule has 0 radical (unpaired) electrons. The number of carboxylic acid groups (broad SMARTS) is 1. The standard InChI is InChI=1S/C12H12ClF2NO3/c1-3-10(12(18)19)16(2)11(17)6-4-8(14)9(15)5-7(6)13/h4-5,10H,3H2,1-2H3,(H,18,19). The van der Waals surface area contributed by atoms with Crippen molar-refractivity contribution in [1.29, 1.82) is 0 Å². The smallest absolute Gasteiger partial charge is 0.326 e. The van der Waals surface area contributed by atoms with Crippen LogP contribution in [0.15, 0.2) is 12.1 Å². The molecule has 0 aromatic heterocycles. The van der Waals surface area contributed by atoms with Gasteiger partial charge in [-0.1, -0.05) is 18.5 Å². The fraction of sp³-hybridized carbons (Fsp3) is 0.333. The number of hydrogen-bond acceptors (Lipinski definition) is 2. The molecule has 7 heteroatoms. The van der Waals surface area contributed by atoms with E-state index in [0.717, 1.165) is 4.90 Å². The van der Waals surface area contributed by atoms with E-state index in [1.54, 1.807) is 6.92 Å². The van der Waals surface area contributed by atoms with Gasteiger partial charge in [0.25, 0.3) is 5.91 Å². The van der Waals surface area contributed by atoms with Crippen molar-refractivity contribution in [1.82, 2.24) is 4.90 Å². The number of rotatable bonds is 4. The minimum Gasteiger partial charge on any atom is -0.480 e. The van der Waals surface area contributed by atoms with Crippen molar-refractivity contribution < 1.29 is 23.5 Å². The molecule has 0 aliphatic heterocycles. The Morgan fingerprint density at radius 1 is 1.37 bits per heavy atom. The lowest BCUT2D eigenvalue weighted by Crippen LogP contribution is -2.42. The summed E-state index contributed by atoms with van der Waals surface area (Å²) < 4.78 is 26.0. The van der Waals surface area contributed by atoms with Gasteiger partial charge in [0.1, 0.15) is 6.04 Å². The molecule has 1 N–H and O–H groups in total. The first-order valence-corrected chi connectivity index (χ1v) is 5.81. The molecule has 1 aromatic carbocycles. The first-order chi connectivity index (χ1) is 8.79. The molecule has 1 rings (SSSR count). The zero-order valence-corrected chi connectivity index (χ0v) is 11.0. The van der Waals surface area contributed by atoms with Crippen LogP contribution in [0.4, 0.5) is 8.78 Å². The average Bonchev–Trinajstić information content (AvgIpc) is 2.33. The Hall–Kier alpha value is -1.69. The quantitative estimate of drug-likeness (QED) is 0.867. The van der Waals surface area contributed by atoms with Crippen LogP contribution in [0.25, 0.3) is 0 Å². The lowest BCUT2D eigenvalue weighted by Gasteiger charge is -2.24. The summed E-state index contributed by atoms with van der Waals surface area (Å²) in [5.41, 5.74) is -0.275. The molecule has 1 aromatic rings. The summed E-state index contributed by atoms with van der Waals surface area (Å²) >= 11 is 5.67. The maximum Gasteiger partial charge on any atom is 0.326 e. The number of amides is 1. The third-order valence-electron chi connectivity index (χ3n) is 2.70. The summed E-state index contributed by atoms with van der Waals surface area (Å²) in [5, 5.41) is 8.68. The number of carbonyl (C=O) groups is 2. The molecule has 104 valence electrons. The number of carbonyl (C=O) groups excluding carboxylic acids is 1. The van der Waals surface area contributed by atoms with Gasteiger partial charge in [0, 0.05) is 7.05 Å². The third-order valence-corrected chi connectivity index (χ3v) is 3.01. The van der Waals surface area contributed by atoms with Crippen LogP contribution >= 0.6 is 11.6 Å². The second kappa shape index (κ2) is 5.97. The van der Waals surface area contributed by atoms with Gasteiger partial charge >= 0.3 is 5.97 Å². The molecule has 4 nitrogen and oxygen atoms in total. The van der Waals surface area contributed by atoms with E-state index in [0.29, 0.717) is 12.1 Å². The summed E-state index contributed by atoms with van der Waals surface area (Å²) in [5.74, 6) is -4.35. The number of nitrogens with zero attached hydrogens (tertiary/aromatic N) is 1. The fourth-order valence-electron chi connectivity index (χ4n) is 1.63. The van der Waals surface area contributed by atoms with E-state index in [4.69, 9.17) is 16.7 Å². The summed E-state index contributed by atoms with van der Waals surface area (Å²) in [6.07, 6.45) is 0.179. The zero-order chi connectivity index (χ0) is 14.7. The average molecular weight is 292 g/mol. The number of likely N-dealkylation sites (N-methyl/N-ethyl adjacent to an activating group) is 1. The lowest BCUT2D eigenvalue weighted by molar-refractivity contribution is -0.142. The van der Waals surface area contributed by atoms with E-state index in [-0.39, 0.29) is 17.0 Å². The van der Waals surface area contributed by atoms with E-state index in [2.05, 4.69) is 0 Å². The Bertz CT molecular complexity index is 522. The summed E-state index contributed by atoms with van der Waals surface area (Å²) in [6.45, 7) is 1.59. The van der Waals surface area contributed by atoms with Gasteiger partial charge in [0.05, 0.1) is 10.6 Å². The molecular weight excluding hydrogens is 280 g/mol. The second-order valence-corrected chi connectivity index (χ2v) is 4.33. The molecule has 0 aliphatic carbocycles. The van der Waals surface area contributed by atoms with Crippen molar-refractivity contribution in [3.8, 4) is 0 Å². The van der Waals surface area contributed by atoms with Crippen molar-refractivity contribution in [2.45, 2.75) is 19.4 Å². The van der Waals surface area contributed by atoms with Crippen molar-refractivity contribution in [2.24, 2.45) is 0 Å². The Balaban J connectivity index is 3.13. The number of carboxylic acids is 1. The highest BCUT2D eigenvalue weighted by Gasteiger charge is 2.27. The topological polar surface area (TPSA) is 57.6 Å². The summed E-state index contributed by atoms with van der Waals surface area (Å²) in [4.78, 5) is 23.9. The SMILES string of the molecule is CCC(C(=O)O)N(C)C(=O)c1cc(F)c(F)cc1Cl. The maximum atomic E-state index is 13.1. The van der Waals surface area contributed by atoms with Crippen LogP contribution in [-0.2, 0) is 4.79 Å². The van der Waals surface area contributed by atoms with Gasteiger partial charge in [-0.3, -0.25) is 4.79 Å². The monoisotopic (exact) mass is 291 g/mol. The summed E-state index contributed by atoms with van der Waals surface area (Å²) in [6, 6.07) is 0.279. The van der Waals surface area contributed by atoms with E-state index >= 15 is 0 Å². The van der Waals surface area contributed by atoms with E-state index in [1.165, 1.54) is 7.05 Å². The number of benzene rings is 1. The highest BCUT2D eigenvalue weighted by atomic mass is 35.5. The maximum absolute atomic E-state index is 13.1. The van der Waals surface area contributed by atoms with Crippen LogP contribution in [0.3, 0.4) is 0 Å². The lowest BCUT2D eigenvalue weighted by atomic mass is 10.1. The predicted octanol–water partition coefficient (Wildman–Crippen LogP) is 2.55. The van der Waals surface area contributed by atoms with Crippen LogP contribution in [0.1, 0.15) is 23.7 Å². The number of hydrogen-bond donors (Lipinski definition) is 1. The molecule has 1 atom stereocenters. The van der Waals surface area contributed by atoms with Crippen LogP contribution in [0, 0.1) is 11.6 Å². The molecule has 0 saturated heterocycles. The van der Waals surface area contributed by atoms with Crippen LogP contribution in [-0.4, -0.2) is 35.0 Å². The van der Waals surface area contributed by atoms with Gasteiger partial charge in [-0.15, -0.1) is 0 Å². The van der Waals surface area contributed by atoms with Gasteiger partial charge in [-0.2, -0.15) is 0 Å². The minimum absolute atomic E-state index is 0.179. The Kier molecular flexibility index (Phi) is 4.83. The largest absolute Gasteiger partial charge is 0.480 e. The van der Waals surface area contributed by atoms with Crippen LogP contribution < -0.4 is 0 Å². The first kappa shape index (κ1) is 15.4. The van der Waals surface area contributed by atoms with Gasteiger partial charge < -0.3 is 10.0 Å². The Morgan fingerprint density at radius 3 is 2.37 bits per heavy atom. The van der Waals surface area contributed by atoms with Crippen molar-refractivity contribution in [2.75, 3.05) is 7.05 Å².